The van der Waals surface area contributed by atoms with Crippen molar-refractivity contribution in [2.75, 3.05) is 21.1 Å². The van der Waals surface area contributed by atoms with Crippen molar-refractivity contribution < 1.29 is 13.8 Å². The van der Waals surface area contributed by atoms with E-state index >= 15 is 0 Å². The fourth-order valence-electron chi connectivity index (χ4n) is 3.97. The van der Waals surface area contributed by atoms with Crippen molar-refractivity contribution in [3.63, 3.8) is 0 Å². The first-order valence-corrected chi connectivity index (χ1v) is 9.54. The third-order valence-corrected chi connectivity index (χ3v) is 5.55. The van der Waals surface area contributed by atoms with E-state index in [1.54, 1.807) is 0 Å². The van der Waals surface area contributed by atoms with Crippen LogP contribution in [-0.2, 0) is 16.6 Å². The summed E-state index contributed by atoms with van der Waals surface area (Å²) >= 11 is 0. The van der Waals surface area contributed by atoms with E-state index in [4.69, 9.17) is 4.52 Å². The van der Waals surface area contributed by atoms with Crippen molar-refractivity contribution in [3.8, 4) is 0 Å². The highest BCUT2D eigenvalue weighted by Gasteiger charge is 2.35. The number of aromatic nitrogens is 1. The molecule has 1 aromatic heterocycles. The number of rotatable bonds is 3. The van der Waals surface area contributed by atoms with E-state index < -0.39 is 0 Å². The number of amides is 1. The number of hydrogen-bond donors (Lipinski definition) is 0. The molecule has 24 heavy (non-hydrogen) atoms. The van der Waals surface area contributed by atoms with Gasteiger partial charge in [0, 0.05) is 5.56 Å². The zero-order chi connectivity index (χ0) is 17.8. The van der Waals surface area contributed by atoms with Crippen LogP contribution in [0.3, 0.4) is 0 Å². The van der Waals surface area contributed by atoms with Gasteiger partial charge in [-0.05, 0) is 25.2 Å². The molecule has 4 heteroatoms. The molecule has 1 saturated carbocycles. The van der Waals surface area contributed by atoms with Crippen LogP contribution in [0.25, 0.3) is 0 Å². The maximum atomic E-state index is 12.5. The lowest BCUT2D eigenvalue weighted by Crippen LogP contribution is -2.42. The number of nitrogens with zero attached hydrogens (tertiary/aromatic N) is 2. The quantitative estimate of drug-likeness (QED) is 0.762. The molecule has 1 heterocycles. The third-order valence-electron chi connectivity index (χ3n) is 5.55. The topological polar surface area (TPSA) is 43.1 Å². The summed E-state index contributed by atoms with van der Waals surface area (Å²) in [5.41, 5.74) is 2.27. The van der Waals surface area contributed by atoms with E-state index in [2.05, 4.69) is 12.1 Å². The Balaban J connectivity index is 2.27. The molecule has 4 nitrogen and oxygen atoms in total. The molecule has 0 bridgehead atoms. The molecule has 1 aliphatic carbocycles. The van der Waals surface area contributed by atoms with Crippen LogP contribution in [0.15, 0.2) is 4.52 Å². The van der Waals surface area contributed by atoms with Crippen LogP contribution in [0.4, 0.5) is 0 Å². The first-order chi connectivity index (χ1) is 11.2. The first kappa shape index (κ1) is 19.2. The van der Waals surface area contributed by atoms with Crippen molar-refractivity contribution in [3.05, 3.63) is 17.0 Å². The van der Waals surface area contributed by atoms with Crippen LogP contribution in [-0.4, -0.2) is 36.7 Å². The lowest BCUT2D eigenvalue weighted by molar-refractivity contribution is -0.792. The lowest BCUT2D eigenvalue weighted by atomic mass is 9.72. The van der Waals surface area contributed by atoms with Gasteiger partial charge in [0.05, 0.1) is 26.8 Å². The normalized spacial score (nSPS) is 19.9. The summed E-state index contributed by atoms with van der Waals surface area (Å²) in [5.74, 6) is 0.959. The Hall–Kier alpha value is -1.16. The zero-order valence-corrected chi connectivity index (χ0v) is 16.3. The number of aryl methyl sites for hydroxylation is 1. The predicted octanol–water partition coefficient (Wildman–Crippen LogP) is 4.54. The van der Waals surface area contributed by atoms with Gasteiger partial charge in [-0.15, -0.1) is 0 Å². The lowest BCUT2D eigenvalue weighted by Gasteiger charge is -2.31. The van der Waals surface area contributed by atoms with Gasteiger partial charge in [-0.1, -0.05) is 57.0 Å². The van der Waals surface area contributed by atoms with Crippen molar-refractivity contribution in [1.82, 2.24) is 5.16 Å². The highest BCUT2D eigenvalue weighted by atomic mass is 16.5. The van der Waals surface area contributed by atoms with Crippen LogP contribution in [0.5, 0.6) is 0 Å². The van der Waals surface area contributed by atoms with Gasteiger partial charge in [-0.2, -0.15) is 0 Å². The molecular weight excluding hydrogens is 300 g/mol. The van der Waals surface area contributed by atoms with Crippen LogP contribution in [0, 0.1) is 6.92 Å². The average molecular weight is 336 g/mol. The van der Waals surface area contributed by atoms with Crippen molar-refractivity contribution in [2.45, 2.75) is 83.5 Å². The highest BCUT2D eigenvalue weighted by molar-refractivity contribution is 5.71. The second-order valence-electron chi connectivity index (χ2n) is 8.68. The van der Waals surface area contributed by atoms with Crippen molar-refractivity contribution >= 4 is 5.91 Å². The number of carbonyl (C=O) groups excluding carboxylic acids is 1. The maximum absolute atomic E-state index is 12.5. The predicted molar refractivity (Wildman–Crippen MR) is 96.9 cm³/mol. The van der Waals surface area contributed by atoms with E-state index in [1.165, 1.54) is 63.4 Å². The minimum absolute atomic E-state index is 0.0852. The average Bonchev–Trinajstić information content (AvgIpc) is 2.86. The van der Waals surface area contributed by atoms with E-state index in [1.807, 2.05) is 28.1 Å². The molecule has 2 rings (SSSR count). The SMILES string of the molecule is Cc1noc(CC(=O)[N+](C)(C)C)c1C1(C)CCCCCCCCC1. The Morgan fingerprint density at radius 3 is 2.04 bits per heavy atom. The Kier molecular flexibility index (Phi) is 6.24. The minimum atomic E-state index is 0.0852. The molecule has 0 aromatic carbocycles. The largest absolute Gasteiger partial charge is 0.360 e. The molecule has 136 valence electrons. The second-order valence-corrected chi connectivity index (χ2v) is 8.68. The molecule has 1 aliphatic rings. The van der Waals surface area contributed by atoms with E-state index in [9.17, 15) is 4.79 Å². The van der Waals surface area contributed by atoms with E-state index in [0.29, 0.717) is 10.9 Å². The standard InChI is InChI=1S/C20H35N2O2/c1-16-19(17(24-21-16)15-18(23)22(3,4)5)20(2)13-11-9-7-6-8-10-12-14-20/h6-15H2,1-5H3/q+1. The van der Waals surface area contributed by atoms with Gasteiger partial charge in [0.2, 0.25) is 0 Å². The van der Waals surface area contributed by atoms with E-state index in [0.717, 1.165) is 11.5 Å². The molecule has 0 radical (unpaired) electrons. The summed E-state index contributed by atoms with van der Waals surface area (Å²) in [5, 5.41) is 4.23. The fourth-order valence-corrected chi connectivity index (χ4v) is 3.97. The summed E-state index contributed by atoms with van der Waals surface area (Å²) < 4.78 is 5.94. The van der Waals surface area contributed by atoms with Gasteiger partial charge in [0.25, 0.3) is 0 Å². The number of carbonyl (C=O) groups is 1. The molecular formula is C20H35N2O2+. The molecule has 0 atom stereocenters. The maximum Gasteiger partial charge on any atom is 0.320 e. The zero-order valence-electron chi connectivity index (χ0n) is 16.3. The van der Waals surface area contributed by atoms with Crippen LogP contribution in [0.2, 0.25) is 0 Å². The Bertz CT molecular complexity index is 544. The smallest absolute Gasteiger partial charge is 0.320 e. The minimum Gasteiger partial charge on any atom is -0.360 e. The van der Waals surface area contributed by atoms with Crippen LogP contribution < -0.4 is 0 Å². The molecule has 1 aromatic rings. The van der Waals surface area contributed by atoms with Crippen LogP contribution >= 0.6 is 0 Å². The summed E-state index contributed by atoms with van der Waals surface area (Å²) in [6.07, 6.45) is 11.9. The van der Waals surface area contributed by atoms with Crippen LogP contribution in [0.1, 0.15) is 81.7 Å². The molecule has 0 saturated heterocycles. The van der Waals surface area contributed by atoms with E-state index in [-0.39, 0.29) is 11.3 Å². The number of hydrogen-bond acceptors (Lipinski definition) is 3. The Morgan fingerprint density at radius 2 is 1.54 bits per heavy atom. The molecule has 0 spiro atoms. The Labute approximate surface area is 147 Å². The van der Waals surface area contributed by atoms with Gasteiger partial charge in [0.15, 0.2) is 5.76 Å². The first-order valence-electron chi connectivity index (χ1n) is 9.54. The molecule has 0 N–H and O–H groups in total. The van der Waals surface area contributed by atoms with Crippen molar-refractivity contribution in [2.24, 2.45) is 0 Å². The summed E-state index contributed by atoms with van der Waals surface area (Å²) in [4.78, 5) is 12.5. The Morgan fingerprint density at radius 1 is 1.04 bits per heavy atom. The molecule has 0 aliphatic heterocycles. The summed E-state index contributed by atoms with van der Waals surface area (Å²) in [7, 11) is 5.74. The summed E-state index contributed by atoms with van der Waals surface area (Å²) in [6, 6.07) is 0. The number of likely N-dealkylation sites (N-methyl/N-ethyl adjacent to an activating group) is 1. The van der Waals surface area contributed by atoms with Gasteiger partial charge in [0.1, 0.15) is 6.42 Å². The fraction of sp³-hybridized carbons (Fsp3) is 0.800. The van der Waals surface area contributed by atoms with Gasteiger partial charge in [-0.25, -0.2) is 4.79 Å². The van der Waals surface area contributed by atoms with Crippen molar-refractivity contribution in [1.29, 1.82) is 0 Å². The monoisotopic (exact) mass is 335 g/mol. The molecule has 0 unspecified atom stereocenters. The second kappa shape index (κ2) is 7.81. The summed E-state index contributed by atoms with van der Waals surface area (Å²) in [6.45, 7) is 4.39. The molecule has 1 amide bonds. The number of quaternary nitrogens is 1. The van der Waals surface area contributed by atoms with Gasteiger partial charge >= 0.3 is 5.91 Å². The van der Waals surface area contributed by atoms with Gasteiger partial charge in [-0.3, -0.25) is 4.48 Å². The molecule has 1 fully saturated rings. The highest BCUT2D eigenvalue weighted by Crippen LogP contribution is 2.40. The third kappa shape index (κ3) is 4.69. The van der Waals surface area contributed by atoms with Gasteiger partial charge < -0.3 is 4.52 Å².